The maximum atomic E-state index is 14.0. The Morgan fingerprint density at radius 2 is 1.68 bits per heavy atom. The molecule has 0 heterocycles. The molecule has 0 aliphatic heterocycles. The highest BCUT2D eigenvalue weighted by Gasteiger charge is 2.62. The van der Waals surface area contributed by atoms with Crippen molar-refractivity contribution in [1.29, 1.82) is 0 Å². The summed E-state index contributed by atoms with van der Waals surface area (Å²) < 4.78 is 0. The number of nitrogens with zero attached hydrogens (tertiary/aromatic N) is 1. The molecule has 4 heteroatoms. The number of aliphatic hydroxyl groups excluding tert-OH is 1. The fourth-order valence-corrected chi connectivity index (χ4v) is 9.62. The first-order chi connectivity index (χ1) is 18.8. The van der Waals surface area contributed by atoms with E-state index in [0.717, 1.165) is 49.7 Å². The standard InChI is InChI=1S/C36H45NO3/c1-23-25-12-13-30-35(4,27(25)20-29(38)31(23)39)15-14-26-28-21-34(3,17-16-33(28,2)18-19-36(26,30)5)32(40)37(6)22-24-10-8-7-9-11-24/h7-13,20,26,28,39H,14-19,21-22H2,1-6H3/t26?,28?,33?,34-,35?,36?/m1/s1. The molecule has 5 aliphatic carbocycles. The van der Waals surface area contributed by atoms with Gasteiger partial charge in [-0.25, -0.2) is 0 Å². The van der Waals surface area contributed by atoms with Crippen molar-refractivity contribution >= 4 is 11.7 Å². The Kier molecular flexibility index (Phi) is 6.18. The van der Waals surface area contributed by atoms with Gasteiger partial charge >= 0.3 is 0 Å². The van der Waals surface area contributed by atoms with Crippen molar-refractivity contribution in [2.45, 2.75) is 86.1 Å². The maximum Gasteiger partial charge on any atom is 0.228 e. The molecule has 5 aliphatic rings. The largest absolute Gasteiger partial charge is 0.504 e. The second kappa shape index (κ2) is 9.06. The van der Waals surface area contributed by atoms with Crippen LogP contribution in [0.15, 0.2) is 76.6 Å². The molecule has 212 valence electrons. The second-order valence-electron chi connectivity index (χ2n) is 14.6. The summed E-state index contributed by atoms with van der Waals surface area (Å²) in [5.74, 6) is 0.896. The van der Waals surface area contributed by atoms with E-state index in [0.29, 0.717) is 24.0 Å². The van der Waals surface area contributed by atoms with Crippen molar-refractivity contribution in [3.05, 3.63) is 82.2 Å². The SMILES string of the molecule is CC1=C(O)C(=O)C=C2C1=CC=C1C2(C)CCC2C3C[C@](C)(C(=O)N(C)Cc4ccccc4)CCC3(C)CCC12C. The fourth-order valence-electron chi connectivity index (χ4n) is 9.62. The Balaban J connectivity index is 1.32. The first kappa shape index (κ1) is 27.3. The molecule has 5 unspecified atom stereocenters. The van der Waals surface area contributed by atoms with Crippen LogP contribution in [-0.4, -0.2) is 28.7 Å². The zero-order valence-corrected chi connectivity index (χ0v) is 25.1. The lowest BCUT2D eigenvalue weighted by Gasteiger charge is -2.65. The molecule has 0 saturated heterocycles. The summed E-state index contributed by atoms with van der Waals surface area (Å²) in [6.45, 7) is 12.0. The molecule has 40 heavy (non-hydrogen) atoms. The topological polar surface area (TPSA) is 57.6 Å². The predicted octanol–water partition coefficient (Wildman–Crippen LogP) is 7.88. The number of allylic oxidation sites excluding steroid dienone is 7. The Hall–Kier alpha value is -2.88. The molecular formula is C36H45NO3. The minimum atomic E-state index is -0.349. The number of aliphatic hydroxyl groups is 1. The summed E-state index contributed by atoms with van der Waals surface area (Å²) >= 11 is 0. The van der Waals surface area contributed by atoms with Crippen LogP contribution in [0.1, 0.15) is 85.1 Å². The molecule has 0 spiro atoms. The summed E-state index contributed by atoms with van der Waals surface area (Å²) in [5, 5.41) is 10.4. The van der Waals surface area contributed by atoms with E-state index in [1.54, 1.807) is 6.08 Å². The van der Waals surface area contributed by atoms with Crippen LogP contribution in [0.5, 0.6) is 0 Å². The van der Waals surface area contributed by atoms with E-state index >= 15 is 0 Å². The first-order valence-electron chi connectivity index (χ1n) is 15.2. The molecule has 1 aromatic carbocycles. The molecule has 6 atom stereocenters. The lowest BCUT2D eigenvalue weighted by molar-refractivity contribution is -0.154. The number of amides is 1. The summed E-state index contributed by atoms with van der Waals surface area (Å²) in [5.41, 5.74) is 5.16. The summed E-state index contributed by atoms with van der Waals surface area (Å²) in [4.78, 5) is 28.7. The normalized spacial score (nSPS) is 38.6. The van der Waals surface area contributed by atoms with Gasteiger partial charge in [-0.05, 0) is 97.3 Å². The molecule has 3 fully saturated rings. The van der Waals surface area contributed by atoms with E-state index in [2.05, 4.69) is 52.0 Å². The van der Waals surface area contributed by atoms with Gasteiger partial charge in [0.15, 0.2) is 5.76 Å². The lowest BCUT2D eigenvalue weighted by atomic mass is 9.39. The first-order valence-corrected chi connectivity index (χ1v) is 15.2. The van der Waals surface area contributed by atoms with Crippen LogP contribution >= 0.6 is 0 Å². The van der Waals surface area contributed by atoms with Gasteiger partial charge < -0.3 is 10.0 Å². The average Bonchev–Trinajstić information content (AvgIpc) is 2.93. The molecular weight excluding hydrogens is 494 g/mol. The van der Waals surface area contributed by atoms with Crippen molar-refractivity contribution in [2.75, 3.05) is 7.05 Å². The molecule has 1 amide bonds. The molecule has 3 saturated carbocycles. The van der Waals surface area contributed by atoms with Crippen LogP contribution in [0.4, 0.5) is 0 Å². The highest BCUT2D eigenvalue weighted by Crippen LogP contribution is 2.70. The van der Waals surface area contributed by atoms with Gasteiger partial charge in [0.05, 0.1) is 0 Å². The van der Waals surface area contributed by atoms with Crippen LogP contribution in [0.25, 0.3) is 0 Å². The number of carbonyl (C=O) groups excluding carboxylic acids is 2. The third kappa shape index (κ3) is 3.84. The van der Waals surface area contributed by atoms with Gasteiger partial charge in [0.25, 0.3) is 0 Å². The van der Waals surface area contributed by atoms with Gasteiger partial charge in [0, 0.05) is 30.0 Å². The third-order valence-electron chi connectivity index (χ3n) is 12.2. The van der Waals surface area contributed by atoms with E-state index in [1.165, 1.54) is 17.6 Å². The number of ketones is 1. The third-order valence-corrected chi connectivity index (χ3v) is 12.2. The van der Waals surface area contributed by atoms with Crippen molar-refractivity contribution < 1.29 is 14.7 Å². The monoisotopic (exact) mass is 539 g/mol. The number of hydrogen-bond acceptors (Lipinski definition) is 3. The van der Waals surface area contributed by atoms with Gasteiger partial charge in [0.1, 0.15) is 0 Å². The number of benzene rings is 1. The minimum absolute atomic E-state index is 0.0252. The van der Waals surface area contributed by atoms with E-state index < -0.39 is 0 Å². The van der Waals surface area contributed by atoms with Gasteiger partial charge in [-0.2, -0.15) is 0 Å². The molecule has 4 nitrogen and oxygen atoms in total. The van der Waals surface area contributed by atoms with Gasteiger partial charge in [-0.15, -0.1) is 0 Å². The van der Waals surface area contributed by atoms with E-state index in [-0.39, 0.29) is 39.1 Å². The zero-order chi connectivity index (χ0) is 28.7. The summed E-state index contributed by atoms with van der Waals surface area (Å²) in [6, 6.07) is 10.3. The molecule has 6 rings (SSSR count). The lowest BCUT2D eigenvalue weighted by Crippen LogP contribution is -2.57. The molecule has 1 N–H and O–H groups in total. The van der Waals surface area contributed by atoms with Crippen LogP contribution in [0, 0.1) is 33.5 Å². The predicted molar refractivity (Wildman–Crippen MR) is 159 cm³/mol. The smallest absolute Gasteiger partial charge is 0.228 e. The highest BCUT2D eigenvalue weighted by atomic mass is 16.3. The maximum absolute atomic E-state index is 14.0. The van der Waals surface area contributed by atoms with E-state index in [4.69, 9.17) is 0 Å². The number of hydrogen-bond donors (Lipinski definition) is 1. The zero-order valence-electron chi connectivity index (χ0n) is 25.1. The van der Waals surface area contributed by atoms with Crippen LogP contribution in [0.3, 0.4) is 0 Å². The quantitative estimate of drug-likeness (QED) is 0.425. The highest BCUT2D eigenvalue weighted by molar-refractivity contribution is 6.06. The second-order valence-corrected chi connectivity index (χ2v) is 14.6. The van der Waals surface area contributed by atoms with Crippen molar-refractivity contribution in [2.24, 2.45) is 33.5 Å². The summed E-state index contributed by atoms with van der Waals surface area (Å²) in [7, 11) is 1.97. The van der Waals surface area contributed by atoms with Crippen molar-refractivity contribution in [3.8, 4) is 0 Å². The summed E-state index contributed by atoms with van der Waals surface area (Å²) in [6.07, 6.45) is 13.6. The Labute approximate surface area is 239 Å². The molecule has 1 aromatic rings. The Morgan fingerprint density at radius 1 is 0.975 bits per heavy atom. The number of rotatable bonds is 3. The van der Waals surface area contributed by atoms with Crippen LogP contribution in [-0.2, 0) is 16.1 Å². The van der Waals surface area contributed by atoms with Crippen LogP contribution < -0.4 is 0 Å². The molecule has 0 bridgehead atoms. The van der Waals surface area contributed by atoms with Crippen molar-refractivity contribution in [3.63, 3.8) is 0 Å². The number of fused-ring (bicyclic) bond motifs is 7. The van der Waals surface area contributed by atoms with Gasteiger partial charge in [-0.3, -0.25) is 9.59 Å². The van der Waals surface area contributed by atoms with Gasteiger partial charge in [-0.1, -0.05) is 75.8 Å². The average molecular weight is 540 g/mol. The Morgan fingerprint density at radius 3 is 2.40 bits per heavy atom. The van der Waals surface area contributed by atoms with Gasteiger partial charge in [0.2, 0.25) is 11.7 Å². The minimum Gasteiger partial charge on any atom is -0.504 e. The fraction of sp³-hybridized carbons (Fsp3) is 0.556. The molecule has 0 radical (unpaired) electrons. The Bertz CT molecular complexity index is 1400. The van der Waals surface area contributed by atoms with E-state index in [1.807, 2.05) is 37.1 Å². The molecule has 0 aromatic heterocycles. The van der Waals surface area contributed by atoms with Crippen LogP contribution in [0.2, 0.25) is 0 Å². The number of carbonyl (C=O) groups is 2. The van der Waals surface area contributed by atoms with E-state index in [9.17, 15) is 14.7 Å². The van der Waals surface area contributed by atoms with Crippen molar-refractivity contribution in [1.82, 2.24) is 4.90 Å².